The number of nitrogens with zero attached hydrogens (tertiary/aromatic N) is 3. The molecule has 0 radical (unpaired) electrons. The van der Waals surface area contributed by atoms with Gasteiger partial charge >= 0.3 is 0 Å². The Morgan fingerprint density at radius 3 is 2.17 bits per heavy atom. The Morgan fingerprint density at radius 1 is 0.952 bits per heavy atom. The van der Waals surface area contributed by atoms with Crippen molar-refractivity contribution < 1.29 is 18.0 Å². The summed E-state index contributed by atoms with van der Waals surface area (Å²) in [4.78, 5) is 29.7. The Morgan fingerprint density at radius 2 is 1.60 bits per heavy atom. The third-order valence-electron chi connectivity index (χ3n) is 8.28. The molecule has 2 amide bonds. The molecule has 1 N–H and O–H groups in total. The van der Waals surface area contributed by atoms with Crippen molar-refractivity contribution >= 4 is 63.1 Å². The fraction of sp³-hybridized carbons (Fsp3) is 0.533. The summed E-state index contributed by atoms with van der Waals surface area (Å²) < 4.78 is 25.3. The number of amides is 2. The molecule has 2 aromatic carbocycles. The highest BCUT2D eigenvalue weighted by molar-refractivity contribution is 7.88. The van der Waals surface area contributed by atoms with Crippen LogP contribution < -0.4 is 10.2 Å². The van der Waals surface area contributed by atoms with Gasteiger partial charge in [0, 0.05) is 43.9 Å². The number of piperidine rings is 2. The molecule has 2 saturated heterocycles. The molecule has 0 bridgehead atoms. The lowest BCUT2D eigenvalue weighted by atomic mass is 9.90. The van der Waals surface area contributed by atoms with E-state index in [0.717, 1.165) is 51.0 Å². The molecule has 232 valence electrons. The van der Waals surface area contributed by atoms with Crippen LogP contribution in [-0.2, 0) is 21.2 Å². The quantitative estimate of drug-likeness (QED) is 0.383. The van der Waals surface area contributed by atoms with Gasteiger partial charge in [0.25, 0.3) is 5.91 Å². The lowest BCUT2D eigenvalue weighted by Crippen LogP contribution is -2.45. The zero-order chi connectivity index (χ0) is 29.6. The molecule has 2 aliphatic rings. The van der Waals surface area contributed by atoms with Gasteiger partial charge in [-0.2, -0.15) is 0 Å². The summed E-state index contributed by atoms with van der Waals surface area (Å²) in [6.45, 7) is 4.21. The summed E-state index contributed by atoms with van der Waals surface area (Å²) in [5.41, 5.74) is 2.66. The first-order valence-corrected chi connectivity index (χ1v) is 16.9. The van der Waals surface area contributed by atoms with Gasteiger partial charge < -0.3 is 15.1 Å². The van der Waals surface area contributed by atoms with Crippen LogP contribution in [0.5, 0.6) is 0 Å². The first-order chi connectivity index (χ1) is 19.5. The minimum absolute atomic E-state index is 0. The number of hydrogen-bond acceptors (Lipinski definition) is 5. The van der Waals surface area contributed by atoms with Gasteiger partial charge in [0.1, 0.15) is 0 Å². The Bertz CT molecular complexity index is 1310. The first-order valence-electron chi connectivity index (χ1n) is 14.3. The molecule has 0 atom stereocenters. The molecule has 12 heteroatoms. The predicted octanol–water partition coefficient (Wildman–Crippen LogP) is 5.12. The van der Waals surface area contributed by atoms with Crippen molar-refractivity contribution in [3.05, 3.63) is 63.6 Å². The first kappa shape index (κ1) is 34.6. The third kappa shape index (κ3) is 9.31. The van der Waals surface area contributed by atoms with E-state index < -0.39 is 10.0 Å². The Hall–Kier alpha value is -1.88. The standard InChI is InChI=1S/C30H40Cl2N4O4S.ClH/c1-33-29(37)24-6-4-22(5-7-24)20-23-10-16-34(17-11-23)14-3-15-36(26-8-9-27(31)28(32)21-26)30(38)25-12-18-35(19-13-25)41(2,39)40;/h4-9,21,23,25H,3,10-20H2,1-2H3,(H,33,37);1H. The van der Waals surface area contributed by atoms with Crippen LogP contribution in [-0.4, -0.2) is 82.0 Å². The minimum Gasteiger partial charge on any atom is -0.355 e. The van der Waals surface area contributed by atoms with Gasteiger partial charge in [-0.05, 0) is 100.0 Å². The van der Waals surface area contributed by atoms with Crippen LogP contribution in [0.25, 0.3) is 0 Å². The minimum atomic E-state index is -3.26. The highest BCUT2D eigenvalue weighted by atomic mass is 35.5. The van der Waals surface area contributed by atoms with Crippen LogP contribution in [0.2, 0.25) is 10.0 Å². The number of likely N-dealkylation sites (tertiary alicyclic amines) is 1. The smallest absolute Gasteiger partial charge is 0.251 e. The number of anilines is 1. The Balaban J connectivity index is 0.00000484. The molecule has 2 aromatic rings. The molecule has 0 spiro atoms. The molecule has 2 aliphatic heterocycles. The van der Waals surface area contributed by atoms with Crippen LogP contribution in [0.15, 0.2) is 42.5 Å². The second kappa shape index (κ2) is 15.7. The molecule has 0 saturated carbocycles. The van der Waals surface area contributed by atoms with Crippen LogP contribution in [0.1, 0.15) is 48.0 Å². The molecular weight excluding hydrogens is 619 g/mol. The lowest BCUT2D eigenvalue weighted by molar-refractivity contribution is -0.123. The van der Waals surface area contributed by atoms with Gasteiger partial charge in [0.2, 0.25) is 15.9 Å². The van der Waals surface area contributed by atoms with Crippen molar-refractivity contribution in [1.82, 2.24) is 14.5 Å². The SMILES string of the molecule is CNC(=O)c1ccc(CC2CCN(CCCN(C(=O)C3CCN(S(C)(=O)=O)CC3)c3ccc(Cl)c(Cl)c3)CC2)cc1.Cl. The van der Waals surface area contributed by atoms with E-state index in [-0.39, 0.29) is 30.1 Å². The van der Waals surface area contributed by atoms with Gasteiger partial charge in [-0.3, -0.25) is 9.59 Å². The van der Waals surface area contributed by atoms with Crippen molar-refractivity contribution in [2.24, 2.45) is 11.8 Å². The van der Waals surface area contributed by atoms with Crippen LogP contribution in [0, 0.1) is 11.8 Å². The second-order valence-corrected chi connectivity index (χ2v) is 13.9. The van der Waals surface area contributed by atoms with Crippen molar-refractivity contribution in [3.63, 3.8) is 0 Å². The number of carbonyl (C=O) groups is 2. The van der Waals surface area contributed by atoms with Gasteiger partial charge in [-0.15, -0.1) is 12.4 Å². The van der Waals surface area contributed by atoms with Crippen LogP contribution >= 0.6 is 35.6 Å². The molecule has 0 aromatic heterocycles. The van der Waals surface area contributed by atoms with E-state index in [9.17, 15) is 18.0 Å². The molecular formula is C30H41Cl3N4O4S. The maximum Gasteiger partial charge on any atom is 0.251 e. The summed E-state index contributed by atoms with van der Waals surface area (Å²) in [6, 6.07) is 13.2. The fourth-order valence-electron chi connectivity index (χ4n) is 5.81. The van der Waals surface area contributed by atoms with E-state index in [4.69, 9.17) is 23.2 Å². The van der Waals surface area contributed by atoms with E-state index in [0.29, 0.717) is 54.0 Å². The van der Waals surface area contributed by atoms with Crippen molar-refractivity contribution in [3.8, 4) is 0 Å². The van der Waals surface area contributed by atoms with E-state index in [1.165, 1.54) is 16.1 Å². The number of carbonyl (C=O) groups excluding carboxylic acids is 2. The topological polar surface area (TPSA) is 90.0 Å². The molecule has 0 unspecified atom stereocenters. The zero-order valence-electron chi connectivity index (χ0n) is 24.2. The molecule has 2 heterocycles. The van der Waals surface area contributed by atoms with E-state index in [1.807, 2.05) is 18.2 Å². The van der Waals surface area contributed by atoms with E-state index in [2.05, 4.69) is 22.3 Å². The van der Waals surface area contributed by atoms with E-state index >= 15 is 0 Å². The molecule has 0 aliphatic carbocycles. The largest absolute Gasteiger partial charge is 0.355 e. The summed E-state index contributed by atoms with van der Waals surface area (Å²) in [5, 5.41) is 3.50. The Kier molecular flexibility index (Phi) is 13.0. The normalized spacial score (nSPS) is 17.4. The molecule has 2 fully saturated rings. The highest BCUT2D eigenvalue weighted by Crippen LogP contribution is 2.30. The number of rotatable bonds is 10. The monoisotopic (exact) mass is 658 g/mol. The summed E-state index contributed by atoms with van der Waals surface area (Å²) in [7, 11) is -1.62. The second-order valence-electron chi connectivity index (χ2n) is 11.1. The van der Waals surface area contributed by atoms with Crippen molar-refractivity contribution in [1.29, 1.82) is 0 Å². The van der Waals surface area contributed by atoms with Crippen LogP contribution in [0.3, 0.4) is 0 Å². The number of hydrogen-bond donors (Lipinski definition) is 1. The van der Waals surface area contributed by atoms with Gasteiger partial charge in [0.15, 0.2) is 0 Å². The molecule has 42 heavy (non-hydrogen) atoms. The van der Waals surface area contributed by atoms with Gasteiger partial charge in [0.05, 0.1) is 16.3 Å². The number of benzene rings is 2. The van der Waals surface area contributed by atoms with Crippen LogP contribution in [0.4, 0.5) is 5.69 Å². The maximum atomic E-state index is 13.7. The Labute approximate surface area is 266 Å². The van der Waals surface area contributed by atoms with Crippen molar-refractivity contribution in [2.75, 3.05) is 57.5 Å². The average Bonchev–Trinajstić information content (AvgIpc) is 2.97. The van der Waals surface area contributed by atoms with Gasteiger partial charge in [-0.1, -0.05) is 35.3 Å². The molecule has 8 nitrogen and oxygen atoms in total. The van der Waals surface area contributed by atoms with E-state index in [1.54, 1.807) is 24.1 Å². The fourth-order valence-corrected chi connectivity index (χ4v) is 6.98. The average molecular weight is 660 g/mol. The number of halogens is 3. The summed E-state index contributed by atoms with van der Waals surface area (Å²) in [5.74, 6) is 0.326. The molecule has 4 rings (SSSR count). The zero-order valence-corrected chi connectivity index (χ0v) is 27.4. The third-order valence-corrected chi connectivity index (χ3v) is 10.3. The number of sulfonamides is 1. The predicted molar refractivity (Wildman–Crippen MR) is 173 cm³/mol. The number of nitrogens with one attached hydrogen (secondary N) is 1. The lowest BCUT2D eigenvalue weighted by Gasteiger charge is -2.35. The van der Waals surface area contributed by atoms with Gasteiger partial charge in [-0.25, -0.2) is 12.7 Å². The maximum absolute atomic E-state index is 13.7. The summed E-state index contributed by atoms with van der Waals surface area (Å²) >= 11 is 12.5. The highest BCUT2D eigenvalue weighted by Gasteiger charge is 2.32. The summed E-state index contributed by atoms with van der Waals surface area (Å²) in [6.07, 6.45) is 6.29. The van der Waals surface area contributed by atoms with Crippen molar-refractivity contribution in [2.45, 2.75) is 38.5 Å².